The van der Waals surface area contributed by atoms with Gasteiger partial charge in [-0.1, -0.05) is 18.2 Å². The lowest BCUT2D eigenvalue weighted by molar-refractivity contribution is 0.108. The molecule has 0 aliphatic heterocycles. The van der Waals surface area contributed by atoms with E-state index >= 15 is 0 Å². The van der Waals surface area contributed by atoms with Gasteiger partial charge in [-0.15, -0.1) is 0 Å². The average Bonchev–Trinajstić information content (AvgIpc) is 2.25. The van der Waals surface area contributed by atoms with Gasteiger partial charge in [0.2, 0.25) is 0 Å². The molecule has 0 heterocycles. The Kier molecular flexibility index (Phi) is 3.42. The SMILES string of the molecule is Cc1c[c]ccc1CC1CCC(O)CC1. The lowest BCUT2D eigenvalue weighted by Crippen LogP contribution is -2.19. The molecule has 1 aromatic carbocycles. The van der Waals surface area contributed by atoms with Crippen molar-refractivity contribution in [2.24, 2.45) is 5.92 Å². The summed E-state index contributed by atoms with van der Waals surface area (Å²) in [6.45, 7) is 2.16. The zero-order valence-electron chi connectivity index (χ0n) is 9.37. The predicted octanol–water partition coefficient (Wildman–Crippen LogP) is 2.89. The summed E-state index contributed by atoms with van der Waals surface area (Å²) in [6, 6.07) is 9.35. The molecule has 1 aromatic rings. The van der Waals surface area contributed by atoms with E-state index in [1.165, 1.54) is 30.4 Å². The van der Waals surface area contributed by atoms with Gasteiger partial charge < -0.3 is 5.11 Å². The monoisotopic (exact) mass is 203 g/mol. The van der Waals surface area contributed by atoms with Crippen molar-refractivity contribution in [2.75, 3.05) is 0 Å². The highest BCUT2D eigenvalue weighted by molar-refractivity contribution is 5.25. The molecule has 0 atom stereocenters. The Balaban J connectivity index is 1.95. The van der Waals surface area contributed by atoms with E-state index in [0.717, 1.165) is 18.8 Å². The van der Waals surface area contributed by atoms with Crippen LogP contribution in [0.3, 0.4) is 0 Å². The van der Waals surface area contributed by atoms with E-state index in [0.29, 0.717) is 0 Å². The van der Waals surface area contributed by atoms with Crippen molar-refractivity contribution < 1.29 is 5.11 Å². The molecule has 1 N–H and O–H groups in total. The summed E-state index contributed by atoms with van der Waals surface area (Å²) in [4.78, 5) is 0. The van der Waals surface area contributed by atoms with E-state index in [1.54, 1.807) is 0 Å². The fourth-order valence-electron chi connectivity index (χ4n) is 2.43. The lowest BCUT2D eigenvalue weighted by Gasteiger charge is -2.25. The van der Waals surface area contributed by atoms with Crippen LogP contribution in [0.15, 0.2) is 18.2 Å². The number of hydrogen-bond donors (Lipinski definition) is 1. The second-order valence-corrected chi connectivity index (χ2v) is 4.73. The van der Waals surface area contributed by atoms with Crippen molar-refractivity contribution in [2.45, 2.75) is 45.1 Å². The second-order valence-electron chi connectivity index (χ2n) is 4.73. The first-order valence-electron chi connectivity index (χ1n) is 5.89. The maximum absolute atomic E-state index is 9.44. The molecule has 0 spiro atoms. The highest BCUT2D eigenvalue weighted by atomic mass is 16.3. The van der Waals surface area contributed by atoms with Crippen molar-refractivity contribution >= 4 is 0 Å². The maximum atomic E-state index is 9.44. The summed E-state index contributed by atoms with van der Waals surface area (Å²) in [5.74, 6) is 0.773. The molecule has 1 fully saturated rings. The van der Waals surface area contributed by atoms with Gasteiger partial charge in [0.15, 0.2) is 0 Å². The van der Waals surface area contributed by atoms with Gasteiger partial charge >= 0.3 is 0 Å². The van der Waals surface area contributed by atoms with Crippen LogP contribution >= 0.6 is 0 Å². The maximum Gasteiger partial charge on any atom is 0.0540 e. The van der Waals surface area contributed by atoms with Crippen molar-refractivity contribution in [1.82, 2.24) is 0 Å². The first kappa shape index (κ1) is 10.7. The van der Waals surface area contributed by atoms with Crippen molar-refractivity contribution in [3.05, 3.63) is 35.4 Å². The fourth-order valence-corrected chi connectivity index (χ4v) is 2.43. The molecule has 1 nitrogen and oxygen atoms in total. The second kappa shape index (κ2) is 4.80. The Bertz CT molecular complexity index is 311. The smallest absolute Gasteiger partial charge is 0.0540 e. The predicted molar refractivity (Wildman–Crippen MR) is 61.7 cm³/mol. The Labute approximate surface area is 92.1 Å². The third kappa shape index (κ3) is 2.82. The minimum Gasteiger partial charge on any atom is -0.393 e. The third-order valence-corrected chi connectivity index (χ3v) is 3.51. The normalized spacial score (nSPS) is 26.5. The van der Waals surface area contributed by atoms with Gasteiger partial charge in [-0.2, -0.15) is 0 Å². The molecule has 15 heavy (non-hydrogen) atoms. The molecule has 1 aliphatic carbocycles. The number of rotatable bonds is 2. The fraction of sp³-hybridized carbons (Fsp3) is 0.571. The van der Waals surface area contributed by atoms with Gasteiger partial charge in [0.05, 0.1) is 6.10 Å². The Morgan fingerprint density at radius 3 is 2.73 bits per heavy atom. The zero-order valence-corrected chi connectivity index (χ0v) is 9.37. The lowest BCUT2D eigenvalue weighted by atomic mass is 9.83. The van der Waals surface area contributed by atoms with Crippen LogP contribution in [0.5, 0.6) is 0 Å². The third-order valence-electron chi connectivity index (χ3n) is 3.51. The Morgan fingerprint density at radius 2 is 2.07 bits per heavy atom. The van der Waals surface area contributed by atoms with E-state index in [2.05, 4.69) is 25.1 Å². The minimum absolute atomic E-state index is 0.0357. The first-order chi connectivity index (χ1) is 7.25. The Hall–Kier alpha value is -0.820. The molecule has 1 saturated carbocycles. The van der Waals surface area contributed by atoms with Crippen LogP contribution in [0.25, 0.3) is 0 Å². The van der Waals surface area contributed by atoms with Crippen LogP contribution in [-0.4, -0.2) is 11.2 Å². The van der Waals surface area contributed by atoms with Gasteiger partial charge in [-0.3, -0.25) is 0 Å². The summed E-state index contributed by atoms with van der Waals surface area (Å²) in [5, 5.41) is 9.44. The molecule has 2 rings (SSSR count). The highest BCUT2D eigenvalue weighted by Gasteiger charge is 2.19. The van der Waals surface area contributed by atoms with E-state index in [9.17, 15) is 5.11 Å². The number of aryl methyl sites for hydroxylation is 1. The van der Waals surface area contributed by atoms with Crippen LogP contribution in [-0.2, 0) is 6.42 Å². The van der Waals surface area contributed by atoms with Gasteiger partial charge in [0, 0.05) is 0 Å². The van der Waals surface area contributed by atoms with Crippen molar-refractivity contribution in [1.29, 1.82) is 0 Å². The molecule has 1 heteroatoms. The Morgan fingerprint density at radius 1 is 1.33 bits per heavy atom. The molecule has 0 saturated heterocycles. The van der Waals surface area contributed by atoms with Crippen LogP contribution in [0.1, 0.15) is 36.8 Å². The summed E-state index contributed by atoms with van der Waals surface area (Å²) in [7, 11) is 0. The molecular formula is C14H19O. The molecule has 1 radical (unpaired) electrons. The molecular weight excluding hydrogens is 184 g/mol. The largest absolute Gasteiger partial charge is 0.393 e. The zero-order chi connectivity index (χ0) is 10.7. The van der Waals surface area contributed by atoms with Crippen molar-refractivity contribution in [3.8, 4) is 0 Å². The van der Waals surface area contributed by atoms with E-state index in [-0.39, 0.29) is 6.10 Å². The van der Waals surface area contributed by atoms with Gasteiger partial charge in [-0.05, 0) is 62.1 Å². The summed E-state index contributed by atoms with van der Waals surface area (Å²) >= 11 is 0. The molecule has 0 amide bonds. The average molecular weight is 203 g/mol. The topological polar surface area (TPSA) is 20.2 Å². The quantitative estimate of drug-likeness (QED) is 0.783. The standard InChI is InChI=1S/C14H19O/c1-11-4-2-3-5-13(11)10-12-6-8-14(15)9-7-12/h3-5,12,14-15H,6-10H2,1H3. The summed E-state index contributed by atoms with van der Waals surface area (Å²) < 4.78 is 0. The number of benzene rings is 1. The van der Waals surface area contributed by atoms with Crippen molar-refractivity contribution in [3.63, 3.8) is 0 Å². The first-order valence-corrected chi connectivity index (χ1v) is 5.89. The van der Waals surface area contributed by atoms with Crippen LogP contribution < -0.4 is 0 Å². The van der Waals surface area contributed by atoms with Gasteiger partial charge in [0.1, 0.15) is 0 Å². The minimum atomic E-state index is -0.0357. The van der Waals surface area contributed by atoms with E-state index < -0.39 is 0 Å². The van der Waals surface area contributed by atoms with E-state index in [4.69, 9.17) is 0 Å². The van der Waals surface area contributed by atoms with Gasteiger partial charge in [-0.25, -0.2) is 0 Å². The molecule has 0 unspecified atom stereocenters. The van der Waals surface area contributed by atoms with Crippen LogP contribution in [0.4, 0.5) is 0 Å². The molecule has 1 aliphatic rings. The van der Waals surface area contributed by atoms with Crippen LogP contribution in [0.2, 0.25) is 0 Å². The van der Waals surface area contributed by atoms with Crippen LogP contribution in [0, 0.1) is 18.9 Å². The molecule has 81 valence electrons. The van der Waals surface area contributed by atoms with Gasteiger partial charge in [0.25, 0.3) is 0 Å². The summed E-state index contributed by atoms with van der Waals surface area (Å²) in [6.07, 6.45) is 5.48. The molecule has 0 bridgehead atoms. The molecule has 0 aromatic heterocycles. The number of aliphatic hydroxyl groups excluding tert-OH is 1. The number of aliphatic hydroxyl groups is 1. The van der Waals surface area contributed by atoms with E-state index in [1.807, 2.05) is 6.07 Å². The summed E-state index contributed by atoms with van der Waals surface area (Å²) in [5.41, 5.74) is 2.80. The highest BCUT2D eigenvalue weighted by Crippen LogP contribution is 2.27. The number of hydrogen-bond acceptors (Lipinski definition) is 1.